The van der Waals surface area contributed by atoms with Crippen molar-refractivity contribution in [2.75, 3.05) is 0 Å². The summed E-state index contributed by atoms with van der Waals surface area (Å²) in [5.41, 5.74) is 14.5. The summed E-state index contributed by atoms with van der Waals surface area (Å²) in [7, 11) is 0. The van der Waals surface area contributed by atoms with Crippen LogP contribution in [-0.2, 0) is 0 Å². The molecule has 5 nitrogen and oxygen atoms in total. The van der Waals surface area contributed by atoms with Gasteiger partial charge in [0.05, 0.1) is 39.0 Å². The molecule has 0 saturated carbocycles. The molecule has 0 atom stereocenters. The molecule has 61 heavy (non-hydrogen) atoms. The van der Waals surface area contributed by atoms with Crippen LogP contribution in [-0.4, -0.2) is 19.1 Å². The zero-order valence-corrected chi connectivity index (χ0v) is 32.8. The number of benzene rings is 9. The molecule has 0 unspecified atom stereocenters. The lowest BCUT2D eigenvalue weighted by atomic mass is 10.0. The van der Waals surface area contributed by atoms with E-state index in [1.54, 1.807) is 0 Å². The molecular weight excluding hydrogens is 745 g/mol. The highest BCUT2D eigenvalue weighted by molar-refractivity contribution is 6.29. The molecule has 13 aromatic rings. The van der Waals surface area contributed by atoms with Gasteiger partial charge in [-0.1, -0.05) is 170 Å². The lowest BCUT2D eigenvalue weighted by Gasteiger charge is -2.12. The van der Waals surface area contributed by atoms with E-state index >= 15 is 0 Å². The van der Waals surface area contributed by atoms with Crippen molar-refractivity contribution < 1.29 is 4.42 Å². The van der Waals surface area contributed by atoms with Gasteiger partial charge in [-0.2, -0.15) is 0 Å². The molecule has 13 rings (SSSR count). The van der Waals surface area contributed by atoms with E-state index in [9.17, 15) is 0 Å². The largest absolute Gasteiger partial charge is 0.453 e. The molecule has 0 aliphatic rings. The van der Waals surface area contributed by atoms with Gasteiger partial charge in [0.2, 0.25) is 5.95 Å². The zero-order chi connectivity index (χ0) is 40.0. The van der Waals surface area contributed by atoms with Crippen LogP contribution in [0.15, 0.2) is 211 Å². The Morgan fingerprint density at radius 1 is 0.328 bits per heavy atom. The number of hydrogen-bond acceptors (Lipinski definition) is 3. The molecule has 0 bridgehead atoms. The second-order valence-corrected chi connectivity index (χ2v) is 15.7. The van der Waals surface area contributed by atoms with Gasteiger partial charge in [0, 0.05) is 48.8 Å². The number of nitrogens with zero attached hydrogens (tertiary/aromatic N) is 4. The van der Waals surface area contributed by atoms with Crippen LogP contribution >= 0.6 is 0 Å². The Balaban J connectivity index is 1.06. The molecule has 4 heterocycles. The van der Waals surface area contributed by atoms with E-state index in [0.29, 0.717) is 5.95 Å². The normalized spacial score (nSPS) is 11.9. The van der Waals surface area contributed by atoms with Gasteiger partial charge in [0.25, 0.3) is 0 Å². The second kappa shape index (κ2) is 13.1. The van der Waals surface area contributed by atoms with Crippen LogP contribution in [0.4, 0.5) is 0 Å². The molecule has 0 saturated heterocycles. The van der Waals surface area contributed by atoms with Crippen molar-refractivity contribution in [3.8, 4) is 45.1 Å². The molecule has 0 fully saturated rings. The highest BCUT2D eigenvalue weighted by atomic mass is 16.3. The van der Waals surface area contributed by atoms with Crippen molar-refractivity contribution in [2.45, 2.75) is 0 Å². The molecule has 4 aromatic heterocycles. The maximum atomic E-state index is 6.98. The fraction of sp³-hybridized carbons (Fsp3) is 0. The van der Waals surface area contributed by atoms with Crippen molar-refractivity contribution in [1.29, 1.82) is 0 Å². The number of furan rings is 1. The molecule has 0 amide bonds. The minimum Gasteiger partial charge on any atom is -0.453 e. The van der Waals surface area contributed by atoms with Crippen molar-refractivity contribution in [2.24, 2.45) is 0 Å². The van der Waals surface area contributed by atoms with Crippen molar-refractivity contribution in [3.63, 3.8) is 0 Å². The Bertz CT molecular complexity index is 3860. The van der Waals surface area contributed by atoms with Crippen LogP contribution in [0.1, 0.15) is 0 Å². The van der Waals surface area contributed by atoms with Crippen molar-refractivity contribution >= 4 is 76.5 Å². The Kier molecular flexibility index (Phi) is 7.24. The quantitative estimate of drug-likeness (QED) is 0.175. The summed E-state index contributed by atoms with van der Waals surface area (Å²) in [5.74, 6) is 0.636. The molecule has 0 spiro atoms. The van der Waals surface area contributed by atoms with Crippen LogP contribution in [0.2, 0.25) is 0 Å². The number of aromatic nitrogens is 4. The summed E-state index contributed by atoms with van der Waals surface area (Å²) in [6.07, 6.45) is 0. The van der Waals surface area contributed by atoms with Crippen LogP contribution in [0.25, 0.3) is 122 Å². The van der Waals surface area contributed by atoms with Crippen LogP contribution in [0.3, 0.4) is 0 Å². The predicted octanol–water partition coefficient (Wildman–Crippen LogP) is 14.7. The van der Waals surface area contributed by atoms with Crippen molar-refractivity contribution in [1.82, 2.24) is 19.1 Å². The molecule has 284 valence electrons. The third-order valence-corrected chi connectivity index (χ3v) is 12.4. The molecular formula is C56H34N4O. The Hall–Kier alpha value is -8.28. The lowest BCUT2D eigenvalue weighted by Crippen LogP contribution is -2.03. The molecule has 0 aliphatic heterocycles. The summed E-state index contributed by atoms with van der Waals surface area (Å²) >= 11 is 0. The predicted molar refractivity (Wildman–Crippen MR) is 252 cm³/mol. The van der Waals surface area contributed by atoms with Gasteiger partial charge in [-0.3, -0.25) is 4.57 Å². The maximum absolute atomic E-state index is 6.98. The maximum Gasteiger partial charge on any atom is 0.235 e. The van der Waals surface area contributed by atoms with Gasteiger partial charge < -0.3 is 8.98 Å². The second-order valence-electron chi connectivity index (χ2n) is 15.7. The summed E-state index contributed by atoms with van der Waals surface area (Å²) in [5, 5.41) is 7.86. The first-order chi connectivity index (χ1) is 30.3. The standard InChI is InChI=1S/C56H34N4O/c1-3-15-35(16-4-1)36-29-31-38(32-30-36)53-42-19-7-10-25-45(42)57-56(58-53)60-47-27-12-9-21-44(47)52-49(60)34-33-48-51(52)43-20-8-11-26-46(43)59(48)50-28-14-24-41-40-23-13-22-39(54(40)61-55(41)50)37-17-5-2-6-18-37/h1-34H. The minimum absolute atomic E-state index is 0.636. The SMILES string of the molecule is c1ccc(-c2ccc(-c3nc(-n4c5ccccc5c5c6c7ccccc7n(-c7cccc8c7oc7c(-c9ccccc9)cccc78)c6ccc54)nc4ccccc34)cc2)cc1. The van der Waals surface area contributed by atoms with E-state index in [0.717, 1.165) is 93.8 Å². The molecule has 5 heteroatoms. The van der Waals surface area contributed by atoms with E-state index in [1.807, 2.05) is 6.07 Å². The molecule has 0 N–H and O–H groups in total. The molecule has 0 radical (unpaired) electrons. The van der Waals surface area contributed by atoms with Crippen LogP contribution in [0, 0.1) is 0 Å². The first-order valence-corrected chi connectivity index (χ1v) is 20.7. The highest BCUT2D eigenvalue weighted by Crippen LogP contribution is 2.45. The smallest absolute Gasteiger partial charge is 0.235 e. The van der Waals surface area contributed by atoms with E-state index < -0.39 is 0 Å². The Morgan fingerprint density at radius 3 is 1.57 bits per heavy atom. The van der Waals surface area contributed by atoms with E-state index in [1.165, 1.54) is 21.9 Å². The fourth-order valence-electron chi connectivity index (χ4n) is 9.66. The third-order valence-electron chi connectivity index (χ3n) is 12.4. The van der Waals surface area contributed by atoms with E-state index in [2.05, 4.69) is 209 Å². The first-order valence-electron chi connectivity index (χ1n) is 20.7. The summed E-state index contributed by atoms with van der Waals surface area (Å²) in [4.78, 5) is 10.7. The van der Waals surface area contributed by atoms with E-state index in [-0.39, 0.29) is 0 Å². The lowest BCUT2D eigenvalue weighted by molar-refractivity contribution is 0.667. The topological polar surface area (TPSA) is 48.8 Å². The molecule has 0 aliphatic carbocycles. The van der Waals surface area contributed by atoms with Crippen LogP contribution in [0.5, 0.6) is 0 Å². The number of rotatable bonds is 5. The van der Waals surface area contributed by atoms with Gasteiger partial charge in [-0.05, 0) is 53.1 Å². The van der Waals surface area contributed by atoms with Crippen LogP contribution < -0.4 is 0 Å². The Labute approximate surface area is 350 Å². The van der Waals surface area contributed by atoms with Gasteiger partial charge in [0.15, 0.2) is 5.58 Å². The summed E-state index contributed by atoms with van der Waals surface area (Å²) < 4.78 is 11.6. The van der Waals surface area contributed by atoms with Gasteiger partial charge in [-0.15, -0.1) is 0 Å². The fourth-order valence-corrected chi connectivity index (χ4v) is 9.66. The minimum atomic E-state index is 0.636. The number of para-hydroxylation sites is 5. The Morgan fingerprint density at radius 2 is 0.852 bits per heavy atom. The van der Waals surface area contributed by atoms with Gasteiger partial charge in [0.1, 0.15) is 5.58 Å². The first kappa shape index (κ1) is 33.7. The zero-order valence-electron chi connectivity index (χ0n) is 32.8. The van der Waals surface area contributed by atoms with Crippen molar-refractivity contribution in [3.05, 3.63) is 206 Å². The number of fused-ring (bicyclic) bond motifs is 11. The average molecular weight is 779 g/mol. The molecule has 9 aromatic carbocycles. The highest BCUT2D eigenvalue weighted by Gasteiger charge is 2.24. The summed E-state index contributed by atoms with van der Waals surface area (Å²) in [6.45, 7) is 0. The van der Waals surface area contributed by atoms with E-state index in [4.69, 9.17) is 14.4 Å². The number of hydrogen-bond donors (Lipinski definition) is 0. The summed E-state index contributed by atoms with van der Waals surface area (Å²) in [6, 6.07) is 72.9. The third kappa shape index (κ3) is 5.01. The van der Waals surface area contributed by atoms with Gasteiger partial charge >= 0.3 is 0 Å². The monoisotopic (exact) mass is 778 g/mol. The van der Waals surface area contributed by atoms with Gasteiger partial charge in [-0.25, -0.2) is 9.97 Å². The average Bonchev–Trinajstić information content (AvgIpc) is 4.00.